The van der Waals surface area contributed by atoms with Gasteiger partial charge in [-0.3, -0.25) is 0 Å². The summed E-state index contributed by atoms with van der Waals surface area (Å²) in [6.07, 6.45) is 1.28. The first kappa shape index (κ1) is 6.21. The third kappa shape index (κ3) is 5.21. The molecule has 0 saturated carbocycles. The van der Waals surface area contributed by atoms with Crippen LogP contribution < -0.4 is 0 Å². The lowest BCUT2D eigenvalue weighted by atomic mass is 10.3. The van der Waals surface area contributed by atoms with Crippen LogP contribution in [0.4, 0.5) is 0 Å². The topological polar surface area (TPSA) is 40.0 Å². The molecule has 7 heavy (non-hydrogen) atoms. The molecule has 0 unspecified atom stereocenters. The molecule has 2 nitrogen and oxygen atoms in total. The lowest BCUT2D eigenvalue weighted by Gasteiger charge is -1.75. The minimum atomic E-state index is -0.625. The average molecular weight is 101 g/mol. The molecule has 0 aromatic rings. The lowest BCUT2D eigenvalue weighted by molar-refractivity contribution is -0.131. The molecule has 40 valence electrons. The minimum Gasteiger partial charge on any atom is -0.561 e. The molecule has 0 aromatic heterocycles. The molecule has 0 aliphatic heterocycles. The molecule has 0 bridgehead atoms. The molecular weight excluding hydrogens is 92.1 g/mol. The van der Waals surface area contributed by atoms with Crippen molar-refractivity contribution in [2.75, 3.05) is 0 Å². The van der Waals surface area contributed by atoms with Gasteiger partial charge in [0.05, 0.1) is 6.08 Å². The highest BCUT2D eigenvalue weighted by Crippen LogP contribution is 1.85. The SMILES string of the molecule is CC(C)=CC(=O)[OH2+]. The maximum atomic E-state index is 9.84. The molecule has 0 radical (unpaired) electrons. The van der Waals surface area contributed by atoms with Crippen molar-refractivity contribution in [1.82, 2.24) is 0 Å². The van der Waals surface area contributed by atoms with Gasteiger partial charge in [0, 0.05) is 4.79 Å². The Morgan fingerprint density at radius 1 is 1.57 bits per heavy atom. The van der Waals surface area contributed by atoms with E-state index >= 15 is 0 Å². The van der Waals surface area contributed by atoms with Crippen LogP contribution in [-0.2, 0) is 4.79 Å². The van der Waals surface area contributed by atoms with Gasteiger partial charge in [0.15, 0.2) is 0 Å². The summed E-state index contributed by atoms with van der Waals surface area (Å²) in [5.74, 6) is -0.625. The van der Waals surface area contributed by atoms with E-state index in [1.165, 1.54) is 6.08 Å². The Hall–Kier alpha value is -0.790. The van der Waals surface area contributed by atoms with Gasteiger partial charge in [-0.1, -0.05) is 5.57 Å². The van der Waals surface area contributed by atoms with Crippen LogP contribution in [0.25, 0.3) is 0 Å². The van der Waals surface area contributed by atoms with Crippen molar-refractivity contribution in [2.24, 2.45) is 0 Å². The average Bonchev–Trinajstić information content (AvgIpc) is 1.27. The summed E-state index contributed by atoms with van der Waals surface area (Å²) in [5.41, 5.74) is 0.875. The Bertz CT molecular complexity index is 98.6. The number of carbonyl (C=O) groups is 1. The quantitative estimate of drug-likeness (QED) is 0.343. The van der Waals surface area contributed by atoms with Crippen LogP contribution in [0.2, 0.25) is 0 Å². The van der Waals surface area contributed by atoms with E-state index in [4.69, 9.17) is 5.11 Å². The van der Waals surface area contributed by atoms with Crippen LogP contribution in [0.15, 0.2) is 11.6 Å². The zero-order valence-electron chi connectivity index (χ0n) is 4.49. The number of rotatable bonds is 1. The Labute approximate surface area is 42.5 Å². The zero-order chi connectivity index (χ0) is 5.86. The second kappa shape index (κ2) is 2.39. The lowest BCUT2D eigenvalue weighted by Crippen LogP contribution is -1.86. The van der Waals surface area contributed by atoms with Crippen LogP contribution in [0.5, 0.6) is 0 Å². The smallest absolute Gasteiger partial charge is 0.541 e. The molecule has 0 saturated heterocycles. The van der Waals surface area contributed by atoms with Crippen LogP contribution >= 0.6 is 0 Å². The maximum absolute atomic E-state index is 9.84. The molecule has 0 rings (SSSR count). The normalized spacial score (nSPS) is 7.71. The second-order valence-corrected chi connectivity index (χ2v) is 1.59. The van der Waals surface area contributed by atoms with Crippen molar-refractivity contribution in [3.8, 4) is 0 Å². The van der Waals surface area contributed by atoms with Gasteiger partial charge in [0.1, 0.15) is 0 Å². The molecule has 0 aromatic carbocycles. The van der Waals surface area contributed by atoms with Crippen LogP contribution in [0.1, 0.15) is 13.8 Å². The van der Waals surface area contributed by atoms with Gasteiger partial charge >= 0.3 is 5.97 Å². The fraction of sp³-hybridized carbons (Fsp3) is 0.400. The van der Waals surface area contributed by atoms with Crippen molar-refractivity contribution >= 4 is 5.97 Å². The van der Waals surface area contributed by atoms with Crippen LogP contribution in [0, 0.1) is 0 Å². The zero-order valence-corrected chi connectivity index (χ0v) is 4.49. The Morgan fingerprint density at radius 2 is 2.00 bits per heavy atom. The van der Waals surface area contributed by atoms with E-state index in [0.717, 1.165) is 5.57 Å². The van der Waals surface area contributed by atoms with E-state index in [9.17, 15) is 4.79 Å². The highest BCUT2D eigenvalue weighted by Gasteiger charge is 1.94. The molecule has 0 aliphatic rings. The van der Waals surface area contributed by atoms with E-state index < -0.39 is 5.97 Å². The maximum Gasteiger partial charge on any atom is 0.541 e. The summed E-state index contributed by atoms with van der Waals surface area (Å²) in [7, 11) is 0. The summed E-state index contributed by atoms with van der Waals surface area (Å²) >= 11 is 0. The van der Waals surface area contributed by atoms with Crippen molar-refractivity contribution in [1.29, 1.82) is 0 Å². The molecule has 0 spiro atoms. The summed E-state index contributed by atoms with van der Waals surface area (Å²) in [4.78, 5) is 9.84. The fourth-order valence-corrected chi connectivity index (χ4v) is 0.262. The number of hydrogen-bond acceptors (Lipinski definition) is 1. The standard InChI is InChI=1S/C5H8O2/c1-4(2)3-5(6)7/h3H,1-2H3,(H,6,7)/p+1. The van der Waals surface area contributed by atoms with Crippen LogP contribution in [0.3, 0.4) is 0 Å². The first-order valence-corrected chi connectivity index (χ1v) is 2.03. The number of allylic oxidation sites excluding steroid dienone is 1. The molecular formula is C5H9O2+. The van der Waals surface area contributed by atoms with Gasteiger partial charge in [0.2, 0.25) is 0 Å². The highest BCUT2D eigenvalue weighted by atomic mass is 16.4. The predicted molar refractivity (Wildman–Crippen MR) is 28.1 cm³/mol. The molecule has 0 heterocycles. The first-order chi connectivity index (χ1) is 3.13. The molecule has 0 fully saturated rings. The van der Waals surface area contributed by atoms with E-state index in [-0.39, 0.29) is 0 Å². The van der Waals surface area contributed by atoms with E-state index in [2.05, 4.69) is 0 Å². The molecule has 2 N–H and O–H groups in total. The highest BCUT2D eigenvalue weighted by molar-refractivity contribution is 5.80. The first-order valence-electron chi connectivity index (χ1n) is 2.03. The Morgan fingerprint density at radius 3 is 2.00 bits per heavy atom. The summed E-state index contributed by atoms with van der Waals surface area (Å²) < 4.78 is 0. The van der Waals surface area contributed by atoms with Gasteiger partial charge in [-0.15, -0.1) is 0 Å². The molecule has 0 atom stereocenters. The Balaban J connectivity index is 3.68. The second-order valence-electron chi connectivity index (χ2n) is 1.59. The van der Waals surface area contributed by atoms with Crippen molar-refractivity contribution in [3.05, 3.63) is 11.6 Å². The number of hydrogen-bond donors (Lipinski definition) is 0. The van der Waals surface area contributed by atoms with E-state index in [0.29, 0.717) is 0 Å². The monoisotopic (exact) mass is 101 g/mol. The van der Waals surface area contributed by atoms with Gasteiger partial charge < -0.3 is 5.11 Å². The molecule has 0 aliphatic carbocycles. The van der Waals surface area contributed by atoms with Crippen molar-refractivity contribution < 1.29 is 9.90 Å². The molecule has 0 amide bonds. The summed E-state index contributed by atoms with van der Waals surface area (Å²) in [5, 5.41) is 6.39. The predicted octanol–water partition coefficient (Wildman–Crippen LogP) is 0.204. The summed E-state index contributed by atoms with van der Waals surface area (Å²) in [6, 6.07) is 0. The largest absolute Gasteiger partial charge is 0.561 e. The third-order valence-electron chi connectivity index (χ3n) is 0.420. The van der Waals surface area contributed by atoms with Gasteiger partial charge in [-0.2, -0.15) is 0 Å². The van der Waals surface area contributed by atoms with E-state index in [1.54, 1.807) is 13.8 Å². The van der Waals surface area contributed by atoms with Crippen molar-refractivity contribution in [2.45, 2.75) is 13.8 Å². The third-order valence-corrected chi connectivity index (χ3v) is 0.420. The van der Waals surface area contributed by atoms with Gasteiger partial charge in [0.25, 0.3) is 0 Å². The molecule has 2 heteroatoms. The van der Waals surface area contributed by atoms with Crippen LogP contribution in [-0.4, -0.2) is 11.1 Å². The Kier molecular flexibility index (Phi) is 2.12. The van der Waals surface area contributed by atoms with E-state index in [1.807, 2.05) is 0 Å². The number of carbonyl (C=O) groups excluding carboxylic acids is 1. The summed E-state index contributed by atoms with van der Waals surface area (Å²) in [6.45, 7) is 3.57. The minimum absolute atomic E-state index is 0.625. The van der Waals surface area contributed by atoms with Gasteiger partial charge in [-0.05, 0) is 13.8 Å². The fourth-order valence-electron chi connectivity index (χ4n) is 0.262. The van der Waals surface area contributed by atoms with Gasteiger partial charge in [-0.25, -0.2) is 0 Å². The van der Waals surface area contributed by atoms with Crippen molar-refractivity contribution in [3.63, 3.8) is 0 Å².